The van der Waals surface area contributed by atoms with Crippen LogP contribution < -0.4 is 15.0 Å². The standard InChI is InChI=1S/C17H18N2O5S/c1-19-7-3-4-14(17(19)20)12-25(21,22)9-8-24-15-6-5-13(11-18)10-16(15)23-2/h3-7,10H,8-9,12H2,1-2H3. The van der Waals surface area contributed by atoms with E-state index in [2.05, 4.69) is 0 Å². The molecule has 2 rings (SSSR count). The van der Waals surface area contributed by atoms with E-state index in [9.17, 15) is 13.2 Å². The summed E-state index contributed by atoms with van der Waals surface area (Å²) in [5, 5.41) is 8.86. The average molecular weight is 362 g/mol. The Morgan fingerprint density at radius 2 is 2.00 bits per heavy atom. The van der Waals surface area contributed by atoms with Crippen molar-refractivity contribution < 1.29 is 17.9 Å². The Hall–Kier alpha value is -2.79. The molecule has 0 aliphatic rings. The summed E-state index contributed by atoms with van der Waals surface area (Å²) in [6.07, 6.45) is 1.57. The highest BCUT2D eigenvalue weighted by Crippen LogP contribution is 2.27. The molecule has 1 heterocycles. The highest BCUT2D eigenvalue weighted by Gasteiger charge is 2.16. The Morgan fingerprint density at radius 1 is 1.24 bits per heavy atom. The number of nitriles is 1. The van der Waals surface area contributed by atoms with E-state index in [0.29, 0.717) is 17.1 Å². The van der Waals surface area contributed by atoms with Gasteiger partial charge in [0.15, 0.2) is 21.3 Å². The Balaban J connectivity index is 2.02. The fraction of sp³-hybridized carbons (Fsp3) is 0.294. The highest BCUT2D eigenvalue weighted by atomic mass is 32.2. The molecule has 0 saturated carbocycles. The van der Waals surface area contributed by atoms with Crippen molar-refractivity contribution in [2.45, 2.75) is 5.75 Å². The van der Waals surface area contributed by atoms with Crippen molar-refractivity contribution in [3.05, 3.63) is 58.0 Å². The molecular formula is C17H18N2O5S. The number of pyridine rings is 1. The zero-order valence-corrected chi connectivity index (χ0v) is 14.7. The molecule has 0 amide bonds. The number of methoxy groups -OCH3 is 1. The summed E-state index contributed by atoms with van der Waals surface area (Å²) in [5.41, 5.74) is 0.304. The summed E-state index contributed by atoms with van der Waals surface area (Å²) >= 11 is 0. The first kappa shape index (κ1) is 18.5. The number of benzene rings is 1. The van der Waals surface area contributed by atoms with Gasteiger partial charge < -0.3 is 14.0 Å². The van der Waals surface area contributed by atoms with E-state index in [1.54, 1.807) is 31.4 Å². The number of hydrogen-bond acceptors (Lipinski definition) is 6. The molecule has 0 saturated heterocycles. The third kappa shape index (κ3) is 4.84. The monoisotopic (exact) mass is 362 g/mol. The first-order valence-corrected chi connectivity index (χ1v) is 9.24. The maximum atomic E-state index is 12.2. The lowest BCUT2D eigenvalue weighted by atomic mass is 10.2. The lowest BCUT2D eigenvalue weighted by molar-refractivity contribution is 0.311. The number of aryl methyl sites for hydroxylation is 1. The molecule has 0 bridgehead atoms. The minimum Gasteiger partial charge on any atom is -0.493 e. The van der Waals surface area contributed by atoms with E-state index in [1.165, 1.54) is 23.8 Å². The van der Waals surface area contributed by atoms with Crippen LogP contribution in [-0.4, -0.2) is 32.5 Å². The molecule has 132 valence electrons. The van der Waals surface area contributed by atoms with Crippen LogP contribution >= 0.6 is 0 Å². The zero-order valence-electron chi connectivity index (χ0n) is 13.9. The molecule has 1 aromatic heterocycles. The zero-order chi connectivity index (χ0) is 18.4. The highest BCUT2D eigenvalue weighted by molar-refractivity contribution is 7.90. The second-order valence-electron chi connectivity index (χ2n) is 5.37. The van der Waals surface area contributed by atoms with Gasteiger partial charge in [0.2, 0.25) is 0 Å². The van der Waals surface area contributed by atoms with Gasteiger partial charge in [-0.1, -0.05) is 6.07 Å². The Bertz CT molecular complexity index is 958. The van der Waals surface area contributed by atoms with E-state index >= 15 is 0 Å². The Morgan fingerprint density at radius 3 is 2.68 bits per heavy atom. The quantitative estimate of drug-likeness (QED) is 0.735. The predicted octanol–water partition coefficient (Wildman–Crippen LogP) is 1.26. The molecule has 0 aliphatic heterocycles. The number of aromatic nitrogens is 1. The fourth-order valence-corrected chi connectivity index (χ4v) is 3.38. The summed E-state index contributed by atoms with van der Waals surface area (Å²) in [6.45, 7) is -0.0856. The largest absolute Gasteiger partial charge is 0.493 e. The van der Waals surface area contributed by atoms with E-state index in [0.717, 1.165) is 0 Å². The summed E-state index contributed by atoms with van der Waals surface area (Å²) < 4.78 is 36.3. The van der Waals surface area contributed by atoms with Gasteiger partial charge in [0, 0.05) is 24.9 Å². The average Bonchev–Trinajstić information content (AvgIpc) is 2.59. The van der Waals surface area contributed by atoms with Gasteiger partial charge in [0.1, 0.15) is 6.61 Å². The van der Waals surface area contributed by atoms with Crippen LogP contribution in [0.15, 0.2) is 41.3 Å². The minimum absolute atomic E-state index is 0.0856. The molecule has 0 atom stereocenters. The number of sulfone groups is 1. The van der Waals surface area contributed by atoms with Crippen molar-refractivity contribution in [3.63, 3.8) is 0 Å². The van der Waals surface area contributed by atoms with E-state index in [-0.39, 0.29) is 29.2 Å². The van der Waals surface area contributed by atoms with Gasteiger partial charge in [-0.15, -0.1) is 0 Å². The van der Waals surface area contributed by atoms with Crippen molar-refractivity contribution in [3.8, 4) is 17.6 Å². The van der Waals surface area contributed by atoms with Crippen molar-refractivity contribution >= 4 is 9.84 Å². The summed E-state index contributed by atoms with van der Waals surface area (Å²) in [4.78, 5) is 11.9. The number of hydrogen-bond donors (Lipinski definition) is 0. The molecule has 0 spiro atoms. The molecule has 0 radical (unpaired) electrons. The van der Waals surface area contributed by atoms with Crippen LogP contribution in [0.25, 0.3) is 0 Å². The lowest BCUT2D eigenvalue weighted by Crippen LogP contribution is -2.24. The molecular weight excluding hydrogens is 344 g/mol. The molecule has 7 nitrogen and oxygen atoms in total. The molecule has 0 aliphatic carbocycles. The summed E-state index contributed by atoms with van der Waals surface area (Å²) in [6, 6.07) is 9.74. The van der Waals surface area contributed by atoms with Crippen LogP contribution in [-0.2, 0) is 22.6 Å². The van der Waals surface area contributed by atoms with Crippen molar-refractivity contribution in [1.82, 2.24) is 4.57 Å². The maximum Gasteiger partial charge on any atom is 0.254 e. The minimum atomic E-state index is -3.51. The van der Waals surface area contributed by atoms with Crippen LogP contribution in [0.4, 0.5) is 0 Å². The Labute approximate surface area is 146 Å². The van der Waals surface area contributed by atoms with Crippen LogP contribution in [0.2, 0.25) is 0 Å². The van der Waals surface area contributed by atoms with Crippen LogP contribution in [0.1, 0.15) is 11.1 Å². The van der Waals surface area contributed by atoms with Gasteiger partial charge in [0.25, 0.3) is 5.56 Å². The molecule has 1 aromatic carbocycles. The van der Waals surface area contributed by atoms with Crippen LogP contribution in [0, 0.1) is 11.3 Å². The first-order chi connectivity index (χ1) is 11.9. The third-order valence-electron chi connectivity index (χ3n) is 3.52. The predicted molar refractivity (Wildman–Crippen MR) is 92.4 cm³/mol. The maximum absolute atomic E-state index is 12.2. The molecule has 25 heavy (non-hydrogen) atoms. The second-order valence-corrected chi connectivity index (χ2v) is 7.55. The van der Waals surface area contributed by atoms with Gasteiger partial charge in [-0.25, -0.2) is 8.42 Å². The van der Waals surface area contributed by atoms with Gasteiger partial charge in [-0.2, -0.15) is 5.26 Å². The van der Waals surface area contributed by atoms with E-state index in [1.807, 2.05) is 6.07 Å². The first-order valence-electron chi connectivity index (χ1n) is 7.42. The van der Waals surface area contributed by atoms with Gasteiger partial charge in [-0.05, 0) is 18.2 Å². The third-order valence-corrected chi connectivity index (χ3v) is 5.06. The number of nitrogens with zero attached hydrogens (tertiary/aromatic N) is 2. The smallest absolute Gasteiger partial charge is 0.254 e. The van der Waals surface area contributed by atoms with Gasteiger partial charge >= 0.3 is 0 Å². The molecule has 8 heteroatoms. The normalized spacial score (nSPS) is 10.9. The lowest BCUT2D eigenvalue weighted by Gasteiger charge is -2.11. The number of rotatable bonds is 7. The molecule has 2 aromatic rings. The Kier molecular flexibility index (Phi) is 5.83. The SMILES string of the molecule is COc1cc(C#N)ccc1OCCS(=O)(=O)Cc1cccn(C)c1=O. The second kappa shape index (κ2) is 7.85. The topological polar surface area (TPSA) is 98.4 Å². The van der Waals surface area contributed by atoms with Gasteiger partial charge in [-0.3, -0.25) is 4.79 Å². The molecule has 0 unspecified atom stereocenters. The van der Waals surface area contributed by atoms with Crippen molar-refractivity contribution in [2.75, 3.05) is 19.5 Å². The summed E-state index contributed by atoms with van der Waals surface area (Å²) in [7, 11) is -0.504. The fourth-order valence-electron chi connectivity index (χ4n) is 2.21. The summed E-state index contributed by atoms with van der Waals surface area (Å²) in [5.74, 6) is 0.128. The van der Waals surface area contributed by atoms with Crippen molar-refractivity contribution in [2.24, 2.45) is 7.05 Å². The van der Waals surface area contributed by atoms with E-state index in [4.69, 9.17) is 14.7 Å². The van der Waals surface area contributed by atoms with Crippen LogP contribution in [0.5, 0.6) is 11.5 Å². The molecule has 0 N–H and O–H groups in total. The number of ether oxygens (including phenoxy) is 2. The van der Waals surface area contributed by atoms with Crippen molar-refractivity contribution in [1.29, 1.82) is 5.26 Å². The van der Waals surface area contributed by atoms with Crippen LogP contribution in [0.3, 0.4) is 0 Å². The molecule has 0 fully saturated rings. The van der Waals surface area contributed by atoms with Gasteiger partial charge in [0.05, 0.1) is 30.2 Å². The van der Waals surface area contributed by atoms with E-state index < -0.39 is 9.84 Å².